The van der Waals surface area contributed by atoms with Crippen LogP contribution in [0.25, 0.3) is 0 Å². The molecule has 0 radical (unpaired) electrons. The van der Waals surface area contributed by atoms with Crippen LogP contribution < -0.4 is 10.6 Å². The van der Waals surface area contributed by atoms with Gasteiger partial charge in [-0.05, 0) is 56.3 Å². The molecule has 1 aliphatic carbocycles. The summed E-state index contributed by atoms with van der Waals surface area (Å²) in [4.78, 5) is 12.5. The van der Waals surface area contributed by atoms with Crippen molar-refractivity contribution in [2.45, 2.75) is 37.3 Å². The quantitative estimate of drug-likeness (QED) is 0.893. The van der Waals surface area contributed by atoms with Gasteiger partial charge in [0.15, 0.2) is 0 Å². The molecule has 23 heavy (non-hydrogen) atoms. The van der Waals surface area contributed by atoms with Gasteiger partial charge >= 0.3 is 6.18 Å². The first-order valence-corrected chi connectivity index (χ1v) is 8.08. The van der Waals surface area contributed by atoms with Crippen LogP contribution in [-0.2, 0) is 16.4 Å². The maximum atomic E-state index is 12.9. The highest BCUT2D eigenvalue weighted by Crippen LogP contribution is 2.49. The van der Waals surface area contributed by atoms with Gasteiger partial charge in [0.25, 0.3) is 0 Å². The standard InChI is InChI=1S/C17H21F3N2O/c18-17(19,20)14-5-1-4-13(9-14)16(6-7-16)15(23)22-11-12-3-2-8-21-10-12/h1,4-5,9,12,21H,2-3,6-8,10-11H2,(H,22,23). The fourth-order valence-electron chi connectivity index (χ4n) is 3.27. The molecular weight excluding hydrogens is 305 g/mol. The van der Waals surface area contributed by atoms with E-state index in [2.05, 4.69) is 10.6 Å². The number of hydrogen-bond acceptors (Lipinski definition) is 2. The number of benzene rings is 1. The Hall–Kier alpha value is -1.56. The highest BCUT2D eigenvalue weighted by atomic mass is 19.4. The van der Waals surface area contributed by atoms with Crippen LogP contribution in [0.3, 0.4) is 0 Å². The van der Waals surface area contributed by atoms with Crippen LogP contribution in [-0.4, -0.2) is 25.5 Å². The third kappa shape index (κ3) is 3.52. The molecule has 0 bridgehead atoms. The predicted molar refractivity (Wildman–Crippen MR) is 81.0 cm³/mol. The normalized spacial score (nSPS) is 23.3. The molecule has 126 valence electrons. The summed E-state index contributed by atoms with van der Waals surface area (Å²) in [5.41, 5.74) is -0.972. The van der Waals surface area contributed by atoms with Crippen molar-refractivity contribution in [3.63, 3.8) is 0 Å². The van der Waals surface area contributed by atoms with E-state index in [4.69, 9.17) is 0 Å². The summed E-state index contributed by atoms with van der Waals surface area (Å²) in [6, 6.07) is 5.18. The fourth-order valence-corrected chi connectivity index (χ4v) is 3.27. The van der Waals surface area contributed by atoms with E-state index >= 15 is 0 Å². The van der Waals surface area contributed by atoms with E-state index in [9.17, 15) is 18.0 Å². The van der Waals surface area contributed by atoms with Gasteiger partial charge < -0.3 is 10.6 Å². The number of piperidine rings is 1. The van der Waals surface area contributed by atoms with Crippen LogP contribution in [0.5, 0.6) is 0 Å². The highest BCUT2D eigenvalue weighted by molar-refractivity contribution is 5.91. The lowest BCUT2D eigenvalue weighted by Gasteiger charge is -2.24. The van der Waals surface area contributed by atoms with Crippen LogP contribution >= 0.6 is 0 Å². The van der Waals surface area contributed by atoms with Crippen molar-refractivity contribution >= 4 is 5.91 Å². The van der Waals surface area contributed by atoms with Crippen molar-refractivity contribution < 1.29 is 18.0 Å². The van der Waals surface area contributed by atoms with Crippen molar-refractivity contribution in [1.82, 2.24) is 10.6 Å². The van der Waals surface area contributed by atoms with Crippen molar-refractivity contribution in [3.8, 4) is 0 Å². The molecule has 1 aliphatic heterocycles. The number of amides is 1. The molecule has 0 aromatic heterocycles. The van der Waals surface area contributed by atoms with Crippen molar-refractivity contribution in [1.29, 1.82) is 0 Å². The van der Waals surface area contributed by atoms with Crippen molar-refractivity contribution in [2.24, 2.45) is 5.92 Å². The number of rotatable bonds is 4. The maximum absolute atomic E-state index is 12.9. The molecule has 1 aromatic carbocycles. The average molecular weight is 326 g/mol. The predicted octanol–water partition coefficient (Wildman–Crippen LogP) is 2.85. The molecule has 1 aromatic rings. The molecule has 3 nitrogen and oxygen atoms in total. The minimum absolute atomic E-state index is 0.137. The number of halogens is 3. The summed E-state index contributed by atoms with van der Waals surface area (Å²) in [7, 11) is 0. The Labute approximate surface area is 133 Å². The zero-order chi connectivity index (χ0) is 16.5. The van der Waals surface area contributed by atoms with E-state index in [0.29, 0.717) is 30.9 Å². The SMILES string of the molecule is O=C(NCC1CCCNC1)C1(c2cccc(C(F)(F)F)c2)CC1. The van der Waals surface area contributed by atoms with Crippen LogP contribution in [0.1, 0.15) is 36.8 Å². The number of carbonyl (C=O) groups excluding carboxylic acids is 1. The number of alkyl halides is 3. The van der Waals surface area contributed by atoms with E-state index in [1.807, 2.05) is 0 Å². The smallest absolute Gasteiger partial charge is 0.355 e. The molecule has 0 spiro atoms. The van der Waals surface area contributed by atoms with Gasteiger partial charge in [0.1, 0.15) is 0 Å². The molecule has 2 fully saturated rings. The van der Waals surface area contributed by atoms with E-state index in [1.54, 1.807) is 6.07 Å². The van der Waals surface area contributed by atoms with Gasteiger partial charge in [0, 0.05) is 6.54 Å². The molecular formula is C17H21F3N2O. The first-order valence-electron chi connectivity index (χ1n) is 8.08. The summed E-state index contributed by atoms with van der Waals surface area (Å²) in [6.07, 6.45) is -0.981. The zero-order valence-electron chi connectivity index (χ0n) is 12.9. The van der Waals surface area contributed by atoms with Gasteiger partial charge in [-0.25, -0.2) is 0 Å². The first kappa shape index (κ1) is 16.3. The molecule has 6 heteroatoms. The van der Waals surface area contributed by atoms with Gasteiger partial charge in [-0.3, -0.25) is 4.79 Å². The third-order valence-electron chi connectivity index (χ3n) is 4.88. The molecule has 1 saturated heterocycles. The van der Waals surface area contributed by atoms with Crippen LogP contribution in [0.2, 0.25) is 0 Å². The largest absolute Gasteiger partial charge is 0.416 e. The molecule has 1 amide bonds. The summed E-state index contributed by atoms with van der Waals surface area (Å²) < 4.78 is 38.6. The van der Waals surface area contributed by atoms with Gasteiger partial charge in [-0.15, -0.1) is 0 Å². The van der Waals surface area contributed by atoms with Crippen molar-refractivity contribution in [2.75, 3.05) is 19.6 Å². The molecule has 1 unspecified atom stereocenters. The first-order chi connectivity index (χ1) is 10.9. The number of nitrogens with one attached hydrogen (secondary N) is 2. The minimum atomic E-state index is -4.38. The lowest BCUT2D eigenvalue weighted by atomic mass is 9.92. The highest BCUT2D eigenvalue weighted by Gasteiger charge is 2.51. The Kier molecular flexibility index (Phi) is 4.36. The van der Waals surface area contributed by atoms with Gasteiger partial charge in [-0.2, -0.15) is 13.2 Å². The summed E-state index contributed by atoms with van der Waals surface area (Å²) in [6.45, 7) is 2.49. The second kappa shape index (κ2) is 6.15. The second-order valence-electron chi connectivity index (χ2n) is 6.58. The van der Waals surface area contributed by atoms with Crippen LogP contribution in [0, 0.1) is 5.92 Å². The van der Waals surface area contributed by atoms with Gasteiger partial charge in [-0.1, -0.05) is 18.2 Å². The summed E-state index contributed by atoms with van der Waals surface area (Å²) in [5.74, 6) is 0.271. The fraction of sp³-hybridized carbons (Fsp3) is 0.588. The Balaban J connectivity index is 1.68. The Bertz CT molecular complexity index is 575. The molecule has 1 saturated carbocycles. The third-order valence-corrected chi connectivity index (χ3v) is 4.88. The zero-order valence-corrected chi connectivity index (χ0v) is 12.9. The maximum Gasteiger partial charge on any atom is 0.416 e. The second-order valence-corrected chi connectivity index (χ2v) is 6.58. The Morgan fingerprint density at radius 1 is 1.35 bits per heavy atom. The van der Waals surface area contributed by atoms with Gasteiger partial charge in [0.05, 0.1) is 11.0 Å². The monoisotopic (exact) mass is 326 g/mol. The van der Waals surface area contributed by atoms with Crippen LogP contribution in [0.15, 0.2) is 24.3 Å². The number of hydrogen-bond donors (Lipinski definition) is 2. The van der Waals surface area contributed by atoms with Gasteiger partial charge in [0.2, 0.25) is 5.91 Å². The van der Waals surface area contributed by atoms with E-state index in [-0.39, 0.29) is 5.91 Å². The minimum Gasteiger partial charge on any atom is -0.355 e. The average Bonchev–Trinajstić information content (AvgIpc) is 3.35. The lowest BCUT2D eigenvalue weighted by molar-refractivity contribution is -0.137. The topological polar surface area (TPSA) is 41.1 Å². The lowest BCUT2D eigenvalue weighted by Crippen LogP contribution is -2.41. The van der Waals surface area contributed by atoms with E-state index in [1.165, 1.54) is 6.07 Å². The number of carbonyl (C=O) groups is 1. The summed E-state index contributed by atoms with van der Waals surface area (Å²) in [5, 5.41) is 6.24. The summed E-state index contributed by atoms with van der Waals surface area (Å²) >= 11 is 0. The van der Waals surface area contributed by atoms with E-state index in [0.717, 1.165) is 38.1 Å². The molecule has 1 atom stereocenters. The molecule has 2 N–H and O–H groups in total. The Morgan fingerprint density at radius 3 is 2.74 bits per heavy atom. The molecule has 3 rings (SSSR count). The Morgan fingerprint density at radius 2 is 2.13 bits per heavy atom. The van der Waals surface area contributed by atoms with Crippen LogP contribution in [0.4, 0.5) is 13.2 Å². The van der Waals surface area contributed by atoms with Crippen molar-refractivity contribution in [3.05, 3.63) is 35.4 Å². The van der Waals surface area contributed by atoms with E-state index < -0.39 is 17.2 Å². The molecule has 1 heterocycles. The molecule has 2 aliphatic rings.